The minimum atomic E-state index is -0.478. The van der Waals surface area contributed by atoms with E-state index in [4.69, 9.17) is 15.0 Å². The highest BCUT2D eigenvalue weighted by atomic mass is 16.6. The first-order chi connectivity index (χ1) is 10.1. The fourth-order valence-corrected chi connectivity index (χ4v) is 2.31. The van der Waals surface area contributed by atoms with Crippen LogP contribution < -0.4 is 5.32 Å². The van der Waals surface area contributed by atoms with Gasteiger partial charge < -0.3 is 14.8 Å². The normalized spacial score (nSPS) is 29.0. The third kappa shape index (κ3) is 3.36. The van der Waals surface area contributed by atoms with Crippen LogP contribution >= 0.6 is 0 Å². The zero-order valence-corrected chi connectivity index (χ0v) is 12.2. The van der Waals surface area contributed by atoms with Crippen LogP contribution in [0.2, 0.25) is 0 Å². The number of rotatable bonds is 5. The summed E-state index contributed by atoms with van der Waals surface area (Å²) in [6.45, 7) is 8.37. The van der Waals surface area contributed by atoms with Gasteiger partial charge in [0.2, 0.25) is 0 Å². The van der Waals surface area contributed by atoms with Gasteiger partial charge in [-0.25, -0.2) is 4.79 Å². The lowest BCUT2D eigenvalue weighted by atomic mass is 10.1. The van der Waals surface area contributed by atoms with Crippen LogP contribution in [0.5, 0.6) is 0 Å². The van der Waals surface area contributed by atoms with E-state index in [9.17, 15) is 4.79 Å². The van der Waals surface area contributed by atoms with Gasteiger partial charge in [-0.2, -0.15) is 0 Å². The Balaban J connectivity index is 2.12. The van der Waals surface area contributed by atoms with Crippen LogP contribution in [0, 0.1) is 0 Å². The molecule has 1 fully saturated rings. The summed E-state index contributed by atoms with van der Waals surface area (Å²) in [5.74, 6) is 0. The van der Waals surface area contributed by atoms with E-state index in [0.717, 1.165) is 5.57 Å². The van der Waals surface area contributed by atoms with E-state index in [-0.39, 0.29) is 18.2 Å². The Morgan fingerprint density at radius 1 is 1.71 bits per heavy atom. The third-order valence-electron chi connectivity index (χ3n) is 3.50. The number of hydrogen-bond acceptors (Lipinski definition) is 4. The van der Waals surface area contributed by atoms with Crippen LogP contribution in [0.15, 0.2) is 29.2 Å². The highest BCUT2D eigenvalue weighted by molar-refractivity contribution is 5.80. The number of nitrogens with one attached hydrogen (secondary N) is 1. The maximum Gasteiger partial charge on any atom is 0.327 e. The molecule has 0 radical (unpaired) electrons. The first-order valence-corrected chi connectivity index (χ1v) is 6.81. The van der Waals surface area contributed by atoms with E-state index in [1.54, 1.807) is 6.20 Å². The number of ether oxygens (including phenoxy) is 2. The number of hydrogen-bond donors (Lipinski definition) is 1. The van der Waals surface area contributed by atoms with Gasteiger partial charge in [0.1, 0.15) is 6.23 Å². The minimum absolute atomic E-state index is 0.299. The van der Waals surface area contributed by atoms with Crippen LogP contribution in [0.1, 0.15) is 20.3 Å². The van der Waals surface area contributed by atoms with E-state index in [1.165, 1.54) is 4.90 Å². The van der Waals surface area contributed by atoms with Crippen molar-refractivity contribution in [2.45, 2.75) is 38.6 Å². The smallest absolute Gasteiger partial charge is 0.327 e. The van der Waals surface area contributed by atoms with Crippen LogP contribution in [-0.4, -0.2) is 42.5 Å². The largest absolute Gasteiger partial charge is 0.379 e. The SMILES string of the molecule is C=C1NC(=O)N([C@H]2CC(N=[N+]=[N-])[C@@H](COCC)O2)C=C1C. The Labute approximate surface area is 123 Å². The number of urea groups is 1. The molecule has 1 saturated heterocycles. The van der Waals surface area contributed by atoms with Gasteiger partial charge in [0.05, 0.1) is 18.8 Å². The van der Waals surface area contributed by atoms with Crippen molar-refractivity contribution in [3.63, 3.8) is 0 Å². The molecule has 3 atom stereocenters. The van der Waals surface area contributed by atoms with Crippen LogP contribution in [-0.2, 0) is 9.47 Å². The summed E-state index contributed by atoms with van der Waals surface area (Å²) in [6, 6.07) is -0.648. The lowest BCUT2D eigenvalue weighted by Gasteiger charge is -2.30. The Morgan fingerprint density at radius 2 is 2.48 bits per heavy atom. The van der Waals surface area contributed by atoms with Crippen molar-refractivity contribution in [1.29, 1.82) is 0 Å². The molecule has 2 heterocycles. The fourth-order valence-electron chi connectivity index (χ4n) is 2.31. The number of nitrogens with zero attached hydrogens (tertiary/aromatic N) is 4. The maximum absolute atomic E-state index is 12.0. The fraction of sp³-hybridized carbons (Fsp3) is 0.615. The maximum atomic E-state index is 12.0. The van der Waals surface area contributed by atoms with Gasteiger partial charge in [-0.1, -0.05) is 11.7 Å². The first-order valence-electron chi connectivity index (χ1n) is 6.81. The predicted molar refractivity (Wildman–Crippen MR) is 76.0 cm³/mol. The summed E-state index contributed by atoms with van der Waals surface area (Å²) in [7, 11) is 0. The van der Waals surface area contributed by atoms with Crippen molar-refractivity contribution in [3.8, 4) is 0 Å². The molecule has 1 unspecified atom stereocenters. The number of carbonyl (C=O) groups excluding carboxylic acids is 1. The molecule has 0 saturated carbocycles. The second-order valence-corrected chi connectivity index (χ2v) is 4.92. The van der Waals surface area contributed by atoms with Crippen LogP contribution in [0.4, 0.5) is 4.79 Å². The first kappa shape index (κ1) is 15.4. The second kappa shape index (κ2) is 6.62. The molecule has 0 aromatic carbocycles. The second-order valence-electron chi connectivity index (χ2n) is 4.92. The predicted octanol–water partition coefficient (Wildman–Crippen LogP) is 2.26. The topological polar surface area (TPSA) is 99.6 Å². The molecule has 8 heteroatoms. The van der Waals surface area contributed by atoms with Crippen molar-refractivity contribution in [2.24, 2.45) is 5.11 Å². The quantitative estimate of drug-likeness (QED) is 0.478. The Hall–Kier alpha value is -2.02. The lowest BCUT2D eigenvalue weighted by Crippen LogP contribution is -2.45. The van der Waals surface area contributed by atoms with Gasteiger partial charge in [-0.15, -0.1) is 0 Å². The molecule has 0 aliphatic carbocycles. The molecule has 114 valence electrons. The summed E-state index contributed by atoms with van der Waals surface area (Å²) in [5, 5.41) is 6.41. The zero-order chi connectivity index (χ0) is 15.4. The van der Waals surface area contributed by atoms with Crippen molar-refractivity contribution >= 4 is 6.03 Å². The molecule has 0 bridgehead atoms. The van der Waals surface area contributed by atoms with Crippen molar-refractivity contribution in [1.82, 2.24) is 10.2 Å². The molecule has 2 rings (SSSR count). The van der Waals surface area contributed by atoms with E-state index in [2.05, 4.69) is 21.9 Å². The molecular weight excluding hydrogens is 274 g/mol. The average molecular weight is 293 g/mol. The van der Waals surface area contributed by atoms with Crippen molar-refractivity contribution < 1.29 is 14.3 Å². The van der Waals surface area contributed by atoms with Crippen LogP contribution in [0.3, 0.4) is 0 Å². The number of amides is 2. The number of azide groups is 1. The lowest BCUT2D eigenvalue weighted by molar-refractivity contribution is -0.0521. The molecule has 2 aliphatic heterocycles. The Morgan fingerprint density at radius 3 is 3.14 bits per heavy atom. The molecule has 0 aromatic rings. The van der Waals surface area contributed by atoms with E-state index in [0.29, 0.717) is 25.3 Å². The summed E-state index contributed by atoms with van der Waals surface area (Å²) in [4.78, 5) is 16.3. The monoisotopic (exact) mass is 293 g/mol. The van der Waals surface area contributed by atoms with Gasteiger partial charge in [-0.05, 0) is 25.0 Å². The van der Waals surface area contributed by atoms with Gasteiger partial charge in [0.15, 0.2) is 0 Å². The van der Waals surface area contributed by atoms with Crippen molar-refractivity contribution in [2.75, 3.05) is 13.2 Å². The molecular formula is C13H19N5O3. The summed E-state index contributed by atoms with van der Waals surface area (Å²) in [5.41, 5.74) is 10.1. The standard InChI is InChI=1S/C13H19N5O3/c1-4-20-7-11-10(16-17-14)5-12(21-11)18-6-8(2)9(3)15-13(18)19/h6,10-12H,3-5,7H2,1-2H3,(H,15,19)/t10?,11-,12-/m1/s1. The van der Waals surface area contributed by atoms with Gasteiger partial charge in [0, 0.05) is 29.8 Å². The molecule has 1 N–H and O–H groups in total. The Kier molecular flexibility index (Phi) is 4.85. The van der Waals surface area contributed by atoms with Crippen molar-refractivity contribution in [3.05, 3.63) is 34.5 Å². The summed E-state index contributed by atoms with van der Waals surface area (Å²) >= 11 is 0. The molecule has 2 aliphatic rings. The van der Waals surface area contributed by atoms with E-state index in [1.807, 2.05) is 13.8 Å². The molecule has 21 heavy (non-hydrogen) atoms. The third-order valence-corrected chi connectivity index (χ3v) is 3.50. The van der Waals surface area contributed by atoms with E-state index >= 15 is 0 Å². The highest BCUT2D eigenvalue weighted by Crippen LogP contribution is 2.28. The molecule has 2 amide bonds. The summed E-state index contributed by atoms with van der Waals surface area (Å²) in [6.07, 6.45) is 1.31. The molecule has 8 nitrogen and oxygen atoms in total. The van der Waals surface area contributed by atoms with E-state index < -0.39 is 6.23 Å². The van der Waals surface area contributed by atoms with Gasteiger partial charge >= 0.3 is 6.03 Å². The highest BCUT2D eigenvalue weighted by Gasteiger charge is 2.40. The summed E-state index contributed by atoms with van der Waals surface area (Å²) < 4.78 is 11.2. The number of carbonyl (C=O) groups is 1. The molecule has 0 spiro atoms. The molecule has 0 aromatic heterocycles. The number of allylic oxidation sites excluding steroid dienone is 1. The van der Waals surface area contributed by atoms with Crippen LogP contribution in [0.25, 0.3) is 10.4 Å². The van der Waals surface area contributed by atoms with Gasteiger partial charge in [0.25, 0.3) is 0 Å². The zero-order valence-electron chi connectivity index (χ0n) is 12.2. The Bertz CT molecular complexity index is 512. The minimum Gasteiger partial charge on any atom is -0.379 e. The average Bonchev–Trinajstić information content (AvgIpc) is 2.84. The van der Waals surface area contributed by atoms with Gasteiger partial charge in [-0.3, -0.25) is 4.90 Å².